The number of hydrogen-bond acceptors (Lipinski definition) is 0. The zero-order valence-electron chi connectivity index (χ0n) is 30.6. The summed E-state index contributed by atoms with van der Waals surface area (Å²) in [7, 11) is 0. The van der Waals surface area contributed by atoms with E-state index in [1.165, 1.54) is 93.9 Å². The highest BCUT2D eigenvalue weighted by atomic mass is 14.2. The molecule has 0 atom stereocenters. The first-order valence-electron chi connectivity index (χ1n) is 18.7. The first-order chi connectivity index (χ1) is 26.2. The Labute approximate surface area is 313 Å². The van der Waals surface area contributed by atoms with E-state index in [1.54, 1.807) is 0 Å². The summed E-state index contributed by atoms with van der Waals surface area (Å²) in [6, 6.07) is 73.2. The smallest absolute Gasteiger partial charge is 0.00261 e. The fraction of sp³-hybridized carbons (Fsp3) is 0.0566. The number of hydrogen-bond donors (Lipinski definition) is 0. The van der Waals surface area contributed by atoms with Gasteiger partial charge >= 0.3 is 0 Å². The quantitative estimate of drug-likeness (QED) is 0.154. The summed E-state index contributed by atoms with van der Waals surface area (Å²) in [5.41, 5.74) is 15.9. The van der Waals surface area contributed by atoms with Crippen LogP contribution >= 0.6 is 0 Å². The Hall–Kier alpha value is -6.50. The van der Waals surface area contributed by atoms with Gasteiger partial charge in [-0.25, -0.2) is 0 Å². The van der Waals surface area contributed by atoms with Crippen molar-refractivity contribution in [1.29, 1.82) is 0 Å². The predicted octanol–water partition coefficient (Wildman–Crippen LogP) is 15.3. The minimum Gasteiger partial charge on any atom is -0.0683 e. The van der Waals surface area contributed by atoms with E-state index in [1.807, 2.05) is 13.8 Å². The third-order valence-electron chi connectivity index (χ3n) is 10.1. The lowest BCUT2D eigenvalue weighted by Gasteiger charge is -2.20. The molecule has 0 spiro atoms. The van der Waals surface area contributed by atoms with Gasteiger partial charge in [0.05, 0.1) is 0 Å². The molecular weight excluding hydrogens is 637 g/mol. The molecule has 0 aromatic heterocycles. The minimum atomic E-state index is 1.20. The van der Waals surface area contributed by atoms with Gasteiger partial charge in [0.25, 0.3) is 0 Å². The molecule has 0 bridgehead atoms. The molecular formula is C53H42. The molecule has 9 aromatic rings. The molecule has 0 amide bonds. The molecule has 0 saturated heterocycles. The van der Waals surface area contributed by atoms with Crippen LogP contribution in [0.2, 0.25) is 0 Å². The molecule has 0 fully saturated rings. The normalized spacial score (nSPS) is 10.9. The molecule has 0 N–H and O–H groups in total. The summed E-state index contributed by atoms with van der Waals surface area (Å²) in [5, 5.41) is 5.01. The summed E-state index contributed by atoms with van der Waals surface area (Å²) in [5.74, 6) is 0. The van der Waals surface area contributed by atoms with Crippen LogP contribution in [0.3, 0.4) is 0 Å². The fourth-order valence-electron chi connectivity index (χ4n) is 7.55. The molecule has 9 aromatic carbocycles. The van der Waals surface area contributed by atoms with Crippen LogP contribution in [0.25, 0.3) is 88.3 Å². The number of fused-ring (bicyclic) bond motifs is 2. The van der Waals surface area contributed by atoms with Crippen molar-refractivity contribution in [2.24, 2.45) is 0 Å². The Kier molecular flexibility index (Phi) is 9.52. The topological polar surface area (TPSA) is 0 Å². The lowest BCUT2D eigenvalue weighted by Crippen LogP contribution is -1.93. The van der Waals surface area contributed by atoms with Crippen LogP contribution < -0.4 is 0 Å². The molecule has 9 rings (SSSR count). The summed E-state index contributed by atoms with van der Waals surface area (Å²) in [6.45, 7) is 6.14. The largest absolute Gasteiger partial charge is 0.0683 e. The van der Waals surface area contributed by atoms with Crippen molar-refractivity contribution in [3.8, 4) is 66.8 Å². The SMILES string of the molecule is CC.Cc1ccc(-c2ccc3c(-c4ccccc4)c4cc(-c5cc(-c6ccccc6)cc(-c6ccccc6)c5)ccc4c(-c4ccccc4)c3c2)cc1. The van der Waals surface area contributed by atoms with Gasteiger partial charge in [-0.15, -0.1) is 0 Å². The van der Waals surface area contributed by atoms with Crippen molar-refractivity contribution in [1.82, 2.24) is 0 Å². The van der Waals surface area contributed by atoms with E-state index in [4.69, 9.17) is 0 Å². The van der Waals surface area contributed by atoms with E-state index in [0.717, 1.165) is 0 Å². The van der Waals surface area contributed by atoms with Gasteiger partial charge in [0.15, 0.2) is 0 Å². The van der Waals surface area contributed by atoms with Gasteiger partial charge in [0.2, 0.25) is 0 Å². The molecule has 0 aliphatic rings. The monoisotopic (exact) mass is 678 g/mol. The average Bonchev–Trinajstić information content (AvgIpc) is 3.24. The molecule has 0 nitrogen and oxygen atoms in total. The highest BCUT2D eigenvalue weighted by Crippen LogP contribution is 2.46. The van der Waals surface area contributed by atoms with E-state index < -0.39 is 0 Å². The maximum atomic E-state index is 2.43. The third-order valence-corrected chi connectivity index (χ3v) is 10.1. The Balaban J connectivity index is 0.00000197. The highest BCUT2D eigenvalue weighted by Gasteiger charge is 2.19. The van der Waals surface area contributed by atoms with Crippen molar-refractivity contribution in [3.05, 3.63) is 206 Å². The van der Waals surface area contributed by atoms with Crippen LogP contribution in [0.1, 0.15) is 19.4 Å². The molecule has 0 aliphatic heterocycles. The maximum absolute atomic E-state index is 2.43. The van der Waals surface area contributed by atoms with Crippen molar-refractivity contribution in [2.45, 2.75) is 20.8 Å². The van der Waals surface area contributed by atoms with Gasteiger partial charge in [0, 0.05) is 0 Å². The predicted molar refractivity (Wildman–Crippen MR) is 230 cm³/mol. The summed E-state index contributed by atoms with van der Waals surface area (Å²) in [4.78, 5) is 0. The van der Waals surface area contributed by atoms with E-state index in [9.17, 15) is 0 Å². The second kappa shape index (κ2) is 15.0. The van der Waals surface area contributed by atoms with Crippen LogP contribution in [-0.2, 0) is 0 Å². The van der Waals surface area contributed by atoms with Crippen LogP contribution in [-0.4, -0.2) is 0 Å². The Bertz CT molecular complexity index is 2580. The van der Waals surface area contributed by atoms with Crippen LogP contribution in [0.5, 0.6) is 0 Å². The van der Waals surface area contributed by atoms with Crippen molar-refractivity contribution >= 4 is 21.5 Å². The number of rotatable bonds is 6. The van der Waals surface area contributed by atoms with Crippen molar-refractivity contribution in [3.63, 3.8) is 0 Å². The second-order valence-electron chi connectivity index (χ2n) is 13.4. The Morgan fingerprint density at radius 1 is 0.226 bits per heavy atom. The molecule has 0 unspecified atom stereocenters. The van der Waals surface area contributed by atoms with Crippen molar-refractivity contribution < 1.29 is 0 Å². The third kappa shape index (κ3) is 6.68. The number of benzene rings is 9. The van der Waals surface area contributed by atoms with E-state index in [-0.39, 0.29) is 0 Å². The van der Waals surface area contributed by atoms with Crippen molar-refractivity contribution in [2.75, 3.05) is 0 Å². The molecule has 254 valence electrons. The Morgan fingerprint density at radius 3 is 0.925 bits per heavy atom. The van der Waals surface area contributed by atoms with E-state index >= 15 is 0 Å². The van der Waals surface area contributed by atoms with Gasteiger partial charge in [-0.05, 0) is 126 Å². The molecule has 0 aliphatic carbocycles. The molecule has 0 saturated carbocycles. The Morgan fingerprint density at radius 2 is 0.528 bits per heavy atom. The highest BCUT2D eigenvalue weighted by molar-refractivity contribution is 6.22. The molecule has 0 heteroatoms. The van der Waals surface area contributed by atoms with E-state index in [0.29, 0.717) is 0 Å². The van der Waals surface area contributed by atoms with Crippen LogP contribution in [0.15, 0.2) is 200 Å². The first kappa shape index (κ1) is 33.6. The molecule has 0 radical (unpaired) electrons. The number of aryl methyl sites for hydroxylation is 1. The summed E-state index contributed by atoms with van der Waals surface area (Å²) < 4.78 is 0. The lowest BCUT2D eigenvalue weighted by molar-refractivity contribution is 1.47. The average molecular weight is 679 g/mol. The van der Waals surface area contributed by atoms with Gasteiger partial charge in [-0.2, -0.15) is 0 Å². The van der Waals surface area contributed by atoms with Crippen LogP contribution in [0.4, 0.5) is 0 Å². The van der Waals surface area contributed by atoms with Gasteiger partial charge in [-0.3, -0.25) is 0 Å². The van der Waals surface area contributed by atoms with Crippen LogP contribution in [0, 0.1) is 6.92 Å². The summed E-state index contributed by atoms with van der Waals surface area (Å²) in [6.07, 6.45) is 0. The molecule has 0 heterocycles. The van der Waals surface area contributed by atoms with Gasteiger partial charge in [-0.1, -0.05) is 189 Å². The van der Waals surface area contributed by atoms with E-state index in [2.05, 4.69) is 207 Å². The first-order valence-corrected chi connectivity index (χ1v) is 18.7. The summed E-state index contributed by atoms with van der Waals surface area (Å²) >= 11 is 0. The minimum absolute atomic E-state index is 1.20. The lowest BCUT2D eigenvalue weighted by atomic mass is 9.83. The molecule has 53 heavy (non-hydrogen) atoms. The van der Waals surface area contributed by atoms with Gasteiger partial charge in [0.1, 0.15) is 0 Å². The second-order valence-corrected chi connectivity index (χ2v) is 13.4. The fourth-order valence-corrected chi connectivity index (χ4v) is 7.55. The zero-order chi connectivity index (χ0) is 36.1. The zero-order valence-corrected chi connectivity index (χ0v) is 30.6. The standard InChI is InChI=1S/C51H36.C2H6/c1-35-22-24-38(25-23-35)41-26-28-46-48(33-41)50(39-18-10-4-11-19-39)47-29-27-42(34-49(47)51(46)40-20-12-5-13-21-40)45-31-43(36-14-6-2-7-15-36)30-44(32-45)37-16-8-3-9-17-37;1-2/h2-34H,1H3;1-2H3. The van der Waals surface area contributed by atoms with Gasteiger partial charge < -0.3 is 0 Å². The maximum Gasteiger partial charge on any atom is -0.00261 e.